The van der Waals surface area contributed by atoms with E-state index in [1.165, 1.54) is 0 Å². The SMILES string of the molecule is COc1ccc(-n2c(-c3ccccc3)c3cc(OC)c(OC)cc3cc2=O)cc1. The molecule has 0 fully saturated rings. The Bertz CT molecular complexity index is 1210. The number of ether oxygens (including phenoxy) is 3. The normalized spacial score (nSPS) is 10.7. The van der Waals surface area contributed by atoms with Gasteiger partial charge in [-0.2, -0.15) is 0 Å². The summed E-state index contributed by atoms with van der Waals surface area (Å²) in [4.78, 5) is 13.2. The molecule has 0 bridgehead atoms. The van der Waals surface area contributed by atoms with Crippen molar-refractivity contribution in [2.45, 2.75) is 0 Å². The number of fused-ring (bicyclic) bond motifs is 1. The van der Waals surface area contributed by atoms with Crippen LogP contribution in [0.15, 0.2) is 77.6 Å². The summed E-state index contributed by atoms with van der Waals surface area (Å²) in [5.74, 6) is 1.92. The smallest absolute Gasteiger partial charge is 0.256 e. The summed E-state index contributed by atoms with van der Waals surface area (Å²) >= 11 is 0. The van der Waals surface area contributed by atoms with Gasteiger partial charge < -0.3 is 14.2 Å². The van der Waals surface area contributed by atoms with Gasteiger partial charge >= 0.3 is 0 Å². The largest absolute Gasteiger partial charge is 0.497 e. The highest BCUT2D eigenvalue weighted by molar-refractivity contribution is 5.97. The van der Waals surface area contributed by atoms with E-state index in [1.54, 1.807) is 32.0 Å². The van der Waals surface area contributed by atoms with E-state index in [4.69, 9.17) is 14.2 Å². The van der Waals surface area contributed by atoms with E-state index in [-0.39, 0.29) is 5.56 Å². The molecule has 0 atom stereocenters. The van der Waals surface area contributed by atoms with Gasteiger partial charge in [-0.15, -0.1) is 0 Å². The zero-order valence-electron chi connectivity index (χ0n) is 16.5. The average molecular weight is 387 g/mol. The van der Waals surface area contributed by atoms with Crippen LogP contribution in [0, 0.1) is 0 Å². The lowest BCUT2D eigenvalue weighted by Crippen LogP contribution is -2.19. The quantitative estimate of drug-likeness (QED) is 0.499. The van der Waals surface area contributed by atoms with Gasteiger partial charge in [0.15, 0.2) is 11.5 Å². The summed E-state index contributed by atoms with van der Waals surface area (Å²) in [6.45, 7) is 0. The topological polar surface area (TPSA) is 49.7 Å². The van der Waals surface area contributed by atoms with Crippen LogP contribution in [0.25, 0.3) is 27.7 Å². The molecule has 1 heterocycles. The van der Waals surface area contributed by atoms with E-state index in [2.05, 4.69) is 0 Å². The molecule has 0 N–H and O–H groups in total. The van der Waals surface area contributed by atoms with E-state index in [0.29, 0.717) is 11.5 Å². The maximum atomic E-state index is 13.2. The molecule has 0 aliphatic rings. The molecule has 0 aliphatic carbocycles. The molecule has 3 aromatic carbocycles. The van der Waals surface area contributed by atoms with Crippen molar-refractivity contribution in [3.63, 3.8) is 0 Å². The summed E-state index contributed by atoms with van der Waals surface area (Å²) < 4.78 is 17.9. The number of rotatable bonds is 5. The molecule has 0 unspecified atom stereocenters. The highest BCUT2D eigenvalue weighted by Gasteiger charge is 2.17. The second kappa shape index (κ2) is 7.72. The summed E-state index contributed by atoms with van der Waals surface area (Å²) in [6.07, 6.45) is 0. The Morgan fingerprint density at radius 3 is 2.00 bits per heavy atom. The number of nitrogens with zero attached hydrogens (tertiary/aromatic N) is 1. The van der Waals surface area contributed by atoms with Crippen molar-refractivity contribution in [1.82, 2.24) is 4.57 Å². The van der Waals surface area contributed by atoms with Crippen LogP contribution >= 0.6 is 0 Å². The van der Waals surface area contributed by atoms with Crippen LogP contribution in [-0.2, 0) is 0 Å². The van der Waals surface area contributed by atoms with Gasteiger partial charge in [-0.1, -0.05) is 30.3 Å². The Kier molecular flexibility index (Phi) is 4.96. The van der Waals surface area contributed by atoms with E-state index >= 15 is 0 Å². The van der Waals surface area contributed by atoms with Gasteiger partial charge in [0, 0.05) is 17.1 Å². The van der Waals surface area contributed by atoms with Crippen molar-refractivity contribution < 1.29 is 14.2 Å². The average Bonchev–Trinajstić information content (AvgIpc) is 2.78. The third-order valence-electron chi connectivity index (χ3n) is 4.91. The first-order valence-electron chi connectivity index (χ1n) is 9.18. The fraction of sp³-hybridized carbons (Fsp3) is 0.125. The lowest BCUT2D eigenvalue weighted by atomic mass is 10.0. The summed E-state index contributed by atoms with van der Waals surface area (Å²) in [5.41, 5.74) is 2.34. The van der Waals surface area contributed by atoms with Gasteiger partial charge in [0.2, 0.25) is 0 Å². The lowest BCUT2D eigenvalue weighted by molar-refractivity contribution is 0.356. The van der Waals surface area contributed by atoms with E-state index in [1.807, 2.05) is 66.7 Å². The number of pyridine rings is 1. The predicted octanol–water partition coefficient (Wildman–Crippen LogP) is 4.68. The minimum absolute atomic E-state index is 0.131. The van der Waals surface area contributed by atoms with Crippen LogP contribution in [0.2, 0.25) is 0 Å². The van der Waals surface area contributed by atoms with Gasteiger partial charge in [0.05, 0.1) is 27.0 Å². The van der Waals surface area contributed by atoms with Crippen LogP contribution < -0.4 is 19.8 Å². The van der Waals surface area contributed by atoms with Gasteiger partial charge in [-0.25, -0.2) is 0 Å². The zero-order chi connectivity index (χ0) is 20.4. The summed E-state index contributed by atoms with van der Waals surface area (Å²) in [7, 11) is 4.80. The summed E-state index contributed by atoms with van der Waals surface area (Å²) in [6, 6.07) is 22.6. The Labute approximate surface area is 168 Å². The molecule has 0 spiro atoms. The van der Waals surface area contributed by atoms with Gasteiger partial charge in [0.1, 0.15) is 5.75 Å². The Hall–Kier alpha value is -3.73. The maximum absolute atomic E-state index is 13.2. The monoisotopic (exact) mass is 387 g/mol. The molecule has 146 valence electrons. The van der Waals surface area contributed by atoms with Crippen molar-refractivity contribution in [2.24, 2.45) is 0 Å². The van der Waals surface area contributed by atoms with Crippen LogP contribution in [0.5, 0.6) is 17.2 Å². The first-order valence-corrected chi connectivity index (χ1v) is 9.18. The molecule has 0 radical (unpaired) electrons. The lowest BCUT2D eigenvalue weighted by Gasteiger charge is -2.18. The Morgan fingerprint density at radius 1 is 0.724 bits per heavy atom. The van der Waals surface area contributed by atoms with Crippen molar-refractivity contribution in [2.75, 3.05) is 21.3 Å². The number of methoxy groups -OCH3 is 3. The first kappa shape index (κ1) is 18.6. The Balaban J connectivity index is 2.11. The van der Waals surface area contributed by atoms with Gasteiger partial charge in [0.25, 0.3) is 5.56 Å². The highest BCUT2D eigenvalue weighted by Crippen LogP contribution is 2.37. The number of hydrogen-bond acceptors (Lipinski definition) is 4. The zero-order valence-corrected chi connectivity index (χ0v) is 16.5. The van der Waals surface area contributed by atoms with Crippen molar-refractivity contribution in [3.8, 4) is 34.2 Å². The molecule has 1 aromatic heterocycles. The standard InChI is InChI=1S/C24H21NO4/c1-27-19-11-9-18(10-12-19)25-23(26)14-17-13-21(28-2)22(29-3)15-20(17)24(25)16-7-5-4-6-8-16/h4-15H,1-3H3. The van der Waals surface area contributed by atoms with Gasteiger partial charge in [-0.05, 0) is 47.3 Å². The number of aromatic nitrogens is 1. The van der Waals surface area contributed by atoms with Crippen molar-refractivity contribution in [3.05, 3.63) is 83.2 Å². The molecule has 4 rings (SSSR count). The molecular formula is C24H21NO4. The van der Waals surface area contributed by atoms with E-state index in [9.17, 15) is 4.79 Å². The molecule has 4 aromatic rings. The minimum Gasteiger partial charge on any atom is -0.497 e. The molecular weight excluding hydrogens is 366 g/mol. The molecule has 29 heavy (non-hydrogen) atoms. The number of hydrogen-bond donors (Lipinski definition) is 0. The molecule has 0 amide bonds. The van der Waals surface area contributed by atoms with Crippen LogP contribution in [0.1, 0.15) is 0 Å². The van der Waals surface area contributed by atoms with Crippen LogP contribution in [0.4, 0.5) is 0 Å². The van der Waals surface area contributed by atoms with Crippen LogP contribution in [-0.4, -0.2) is 25.9 Å². The molecule has 5 heteroatoms. The third kappa shape index (κ3) is 3.31. The fourth-order valence-electron chi connectivity index (χ4n) is 3.52. The predicted molar refractivity (Wildman–Crippen MR) is 115 cm³/mol. The number of benzene rings is 3. The Morgan fingerprint density at radius 2 is 1.38 bits per heavy atom. The fourth-order valence-corrected chi connectivity index (χ4v) is 3.52. The van der Waals surface area contributed by atoms with E-state index in [0.717, 1.165) is 33.5 Å². The highest BCUT2D eigenvalue weighted by atomic mass is 16.5. The first-order chi connectivity index (χ1) is 14.2. The maximum Gasteiger partial charge on any atom is 0.256 e. The molecule has 0 saturated carbocycles. The van der Waals surface area contributed by atoms with Crippen molar-refractivity contribution >= 4 is 10.8 Å². The van der Waals surface area contributed by atoms with Crippen LogP contribution in [0.3, 0.4) is 0 Å². The van der Waals surface area contributed by atoms with Gasteiger partial charge in [-0.3, -0.25) is 9.36 Å². The second-order valence-corrected chi connectivity index (χ2v) is 6.53. The van der Waals surface area contributed by atoms with E-state index < -0.39 is 0 Å². The summed E-state index contributed by atoms with van der Waals surface area (Å²) in [5, 5.41) is 1.68. The second-order valence-electron chi connectivity index (χ2n) is 6.53. The van der Waals surface area contributed by atoms with Crippen molar-refractivity contribution in [1.29, 1.82) is 0 Å². The third-order valence-corrected chi connectivity index (χ3v) is 4.91. The molecule has 5 nitrogen and oxygen atoms in total. The molecule has 0 saturated heterocycles. The minimum atomic E-state index is -0.131. The molecule has 0 aliphatic heterocycles.